The van der Waals surface area contributed by atoms with E-state index in [-0.39, 0.29) is 35.9 Å². The van der Waals surface area contributed by atoms with Gasteiger partial charge in [-0.05, 0) is 38.8 Å². The number of guanidine groups is 1. The third-order valence-corrected chi connectivity index (χ3v) is 4.61. The van der Waals surface area contributed by atoms with E-state index in [9.17, 15) is 4.79 Å². The third kappa shape index (κ3) is 5.60. The standard InChI is InChI=1S/C20H27N3O3.HI/c1-3-21-20(23-11-9-15(10-12-23)19(24)25-4-2)22-14-17-13-16-7-5-6-8-18(16)26-17;/h5-8,13,15H,3-4,9-12,14H2,1-2H3,(H,21,22);1H. The average Bonchev–Trinajstić information content (AvgIpc) is 3.08. The molecule has 0 radical (unpaired) electrons. The molecule has 1 N–H and O–H groups in total. The lowest BCUT2D eigenvalue weighted by molar-refractivity contribution is -0.149. The van der Waals surface area contributed by atoms with Gasteiger partial charge in [-0.15, -0.1) is 24.0 Å². The topological polar surface area (TPSA) is 67.1 Å². The van der Waals surface area contributed by atoms with Gasteiger partial charge in [-0.3, -0.25) is 4.79 Å². The number of likely N-dealkylation sites (tertiary alicyclic amines) is 1. The van der Waals surface area contributed by atoms with E-state index in [0.717, 1.165) is 55.2 Å². The van der Waals surface area contributed by atoms with Crippen LogP contribution in [-0.4, -0.2) is 43.1 Å². The first-order chi connectivity index (χ1) is 12.7. The summed E-state index contributed by atoms with van der Waals surface area (Å²) in [6.07, 6.45) is 1.60. The Hall–Kier alpha value is -1.77. The molecular weight excluding hydrogens is 457 g/mol. The fourth-order valence-corrected chi connectivity index (χ4v) is 3.28. The Morgan fingerprint density at radius 1 is 1.30 bits per heavy atom. The zero-order valence-corrected chi connectivity index (χ0v) is 18.3. The van der Waals surface area contributed by atoms with Crippen molar-refractivity contribution >= 4 is 46.9 Å². The van der Waals surface area contributed by atoms with Crippen LogP contribution in [0.25, 0.3) is 11.0 Å². The first kappa shape index (κ1) is 21.5. The number of aliphatic imine (C=N–C) groups is 1. The summed E-state index contributed by atoms with van der Waals surface area (Å²) in [7, 11) is 0. The zero-order chi connectivity index (χ0) is 18.4. The Kier molecular flexibility index (Phi) is 8.40. The molecule has 7 heteroatoms. The van der Waals surface area contributed by atoms with Crippen LogP contribution in [0.2, 0.25) is 0 Å². The van der Waals surface area contributed by atoms with Crippen molar-refractivity contribution in [1.82, 2.24) is 10.2 Å². The summed E-state index contributed by atoms with van der Waals surface area (Å²) in [5, 5.41) is 4.44. The van der Waals surface area contributed by atoms with Gasteiger partial charge in [0.05, 0.1) is 12.5 Å². The van der Waals surface area contributed by atoms with E-state index in [1.54, 1.807) is 0 Å². The highest BCUT2D eigenvalue weighted by molar-refractivity contribution is 14.0. The second-order valence-electron chi connectivity index (χ2n) is 6.43. The number of benzene rings is 1. The first-order valence-electron chi connectivity index (χ1n) is 9.38. The van der Waals surface area contributed by atoms with Gasteiger partial charge in [-0.2, -0.15) is 0 Å². The number of piperidine rings is 1. The summed E-state index contributed by atoms with van der Waals surface area (Å²) >= 11 is 0. The molecule has 1 fully saturated rings. The number of carbonyl (C=O) groups excluding carboxylic acids is 1. The van der Waals surface area contributed by atoms with Gasteiger partial charge in [-0.25, -0.2) is 4.99 Å². The number of furan rings is 1. The summed E-state index contributed by atoms with van der Waals surface area (Å²) in [4.78, 5) is 18.8. The predicted octanol–water partition coefficient (Wildman–Crippen LogP) is 3.79. The van der Waals surface area contributed by atoms with Gasteiger partial charge >= 0.3 is 5.97 Å². The van der Waals surface area contributed by atoms with Gasteiger partial charge in [0.15, 0.2) is 5.96 Å². The number of nitrogens with zero attached hydrogens (tertiary/aromatic N) is 2. The largest absolute Gasteiger partial charge is 0.466 e. The monoisotopic (exact) mass is 485 g/mol. The molecule has 148 valence electrons. The molecule has 1 aliphatic heterocycles. The van der Waals surface area contributed by atoms with E-state index in [1.807, 2.05) is 37.3 Å². The van der Waals surface area contributed by atoms with E-state index in [4.69, 9.17) is 14.1 Å². The van der Waals surface area contributed by atoms with Crippen LogP contribution in [0, 0.1) is 5.92 Å². The molecule has 1 aromatic carbocycles. The van der Waals surface area contributed by atoms with Gasteiger partial charge in [0.25, 0.3) is 0 Å². The molecule has 1 saturated heterocycles. The fraction of sp³-hybridized carbons (Fsp3) is 0.500. The lowest BCUT2D eigenvalue weighted by atomic mass is 9.97. The summed E-state index contributed by atoms with van der Waals surface area (Å²) < 4.78 is 11.0. The van der Waals surface area contributed by atoms with Crippen LogP contribution >= 0.6 is 24.0 Å². The van der Waals surface area contributed by atoms with Crippen LogP contribution in [0.5, 0.6) is 0 Å². The third-order valence-electron chi connectivity index (χ3n) is 4.61. The quantitative estimate of drug-likeness (QED) is 0.302. The molecule has 2 aromatic rings. The van der Waals surface area contributed by atoms with Crippen molar-refractivity contribution < 1.29 is 13.9 Å². The van der Waals surface area contributed by atoms with E-state index >= 15 is 0 Å². The fourth-order valence-electron chi connectivity index (χ4n) is 3.28. The molecule has 27 heavy (non-hydrogen) atoms. The van der Waals surface area contributed by atoms with Crippen molar-refractivity contribution in [3.8, 4) is 0 Å². The minimum absolute atomic E-state index is 0. The first-order valence-corrected chi connectivity index (χ1v) is 9.38. The normalized spacial score (nSPS) is 15.5. The maximum atomic E-state index is 11.9. The average molecular weight is 485 g/mol. The minimum Gasteiger partial charge on any atom is -0.466 e. The number of nitrogens with one attached hydrogen (secondary N) is 1. The Morgan fingerprint density at radius 3 is 2.70 bits per heavy atom. The van der Waals surface area contributed by atoms with Gasteiger partial charge in [0, 0.05) is 25.0 Å². The summed E-state index contributed by atoms with van der Waals surface area (Å²) in [5.41, 5.74) is 0.887. The molecular formula is C20H28IN3O3. The number of carbonyl (C=O) groups is 1. The van der Waals surface area contributed by atoms with Crippen LogP contribution in [0.3, 0.4) is 0 Å². The summed E-state index contributed by atoms with van der Waals surface area (Å²) in [5.74, 6) is 1.65. The highest BCUT2D eigenvalue weighted by atomic mass is 127. The highest BCUT2D eigenvalue weighted by Crippen LogP contribution is 2.21. The molecule has 0 aliphatic carbocycles. The number of rotatable bonds is 5. The lowest BCUT2D eigenvalue weighted by Gasteiger charge is -2.33. The smallest absolute Gasteiger partial charge is 0.309 e. The van der Waals surface area contributed by atoms with Gasteiger partial charge in [0.2, 0.25) is 0 Å². The summed E-state index contributed by atoms with van der Waals surface area (Å²) in [6.45, 7) is 7.25. The van der Waals surface area contributed by atoms with Gasteiger partial charge < -0.3 is 19.4 Å². The number of hydrogen-bond acceptors (Lipinski definition) is 4. The molecule has 0 atom stereocenters. The Morgan fingerprint density at radius 2 is 2.04 bits per heavy atom. The molecule has 0 bridgehead atoms. The molecule has 0 saturated carbocycles. The molecule has 1 aromatic heterocycles. The van der Waals surface area contributed by atoms with Gasteiger partial charge in [-0.1, -0.05) is 18.2 Å². The molecule has 2 heterocycles. The Balaban J connectivity index is 0.00000261. The maximum Gasteiger partial charge on any atom is 0.309 e. The molecule has 0 spiro atoms. The summed E-state index contributed by atoms with van der Waals surface area (Å²) in [6, 6.07) is 10.0. The van der Waals surface area contributed by atoms with Crippen molar-refractivity contribution in [1.29, 1.82) is 0 Å². The molecule has 3 rings (SSSR count). The molecule has 1 aliphatic rings. The minimum atomic E-state index is -0.0728. The van der Waals surface area contributed by atoms with E-state index in [2.05, 4.69) is 17.1 Å². The van der Waals surface area contributed by atoms with Crippen molar-refractivity contribution in [2.75, 3.05) is 26.2 Å². The van der Waals surface area contributed by atoms with Crippen LogP contribution in [0.4, 0.5) is 0 Å². The van der Waals surface area contributed by atoms with Crippen molar-refractivity contribution in [3.63, 3.8) is 0 Å². The molecule has 0 unspecified atom stereocenters. The predicted molar refractivity (Wildman–Crippen MR) is 117 cm³/mol. The van der Waals surface area contributed by atoms with Crippen LogP contribution in [0.1, 0.15) is 32.4 Å². The second kappa shape index (κ2) is 10.5. The van der Waals surface area contributed by atoms with Crippen molar-refractivity contribution in [2.24, 2.45) is 10.9 Å². The number of para-hydroxylation sites is 1. The number of fused-ring (bicyclic) bond motifs is 1. The number of hydrogen-bond donors (Lipinski definition) is 1. The van der Waals surface area contributed by atoms with E-state index in [0.29, 0.717) is 13.2 Å². The molecule has 0 amide bonds. The number of ether oxygens (including phenoxy) is 1. The Bertz CT molecular complexity index is 734. The highest BCUT2D eigenvalue weighted by Gasteiger charge is 2.27. The van der Waals surface area contributed by atoms with Crippen LogP contribution in [-0.2, 0) is 16.1 Å². The maximum absolute atomic E-state index is 11.9. The van der Waals surface area contributed by atoms with E-state index in [1.165, 1.54) is 0 Å². The Labute approximate surface area is 177 Å². The lowest BCUT2D eigenvalue weighted by Crippen LogP contribution is -2.46. The SMILES string of the molecule is CCNC(=NCc1cc2ccccc2o1)N1CCC(C(=O)OCC)CC1.I. The number of halogens is 1. The number of esters is 1. The van der Waals surface area contributed by atoms with Crippen LogP contribution in [0.15, 0.2) is 39.7 Å². The molecule has 6 nitrogen and oxygen atoms in total. The van der Waals surface area contributed by atoms with Crippen molar-refractivity contribution in [3.05, 3.63) is 36.1 Å². The van der Waals surface area contributed by atoms with Crippen LogP contribution < -0.4 is 5.32 Å². The van der Waals surface area contributed by atoms with Gasteiger partial charge in [0.1, 0.15) is 17.9 Å². The van der Waals surface area contributed by atoms with E-state index < -0.39 is 0 Å². The second-order valence-corrected chi connectivity index (χ2v) is 6.43. The zero-order valence-electron chi connectivity index (χ0n) is 15.9. The van der Waals surface area contributed by atoms with Crippen molar-refractivity contribution in [2.45, 2.75) is 33.2 Å².